The predicted octanol–water partition coefficient (Wildman–Crippen LogP) is 2.58. The predicted molar refractivity (Wildman–Crippen MR) is 67.8 cm³/mol. The molecule has 86 valence electrons. The van der Waals surface area contributed by atoms with E-state index in [0.29, 0.717) is 10.6 Å². The highest BCUT2D eigenvalue weighted by molar-refractivity contribution is 7.80. The Morgan fingerprint density at radius 1 is 1.50 bits per heavy atom. The van der Waals surface area contributed by atoms with Crippen molar-refractivity contribution in [2.45, 2.75) is 26.8 Å². The molecule has 0 heterocycles. The fraction of sp³-hybridized carbons (Fsp3) is 0.364. The first-order valence-corrected chi connectivity index (χ1v) is 5.38. The molecule has 0 aliphatic rings. The van der Waals surface area contributed by atoms with Crippen molar-refractivity contribution in [1.29, 1.82) is 0 Å². The maximum Gasteiger partial charge on any atom is 0.279 e. The van der Waals surface area contributed by atoms with Crippen LogP contribution in [0.5, 0.6) is 0 Å². The topological polar surface area (TPSA) is 55.2 Å². The number of rotatable bonds is 3. The maximum atomic E-state index is 10.9. The Labute approximate surface area is 99.8 Å². The van der Waals surface area contributed by atoms with E-state index in [4.69, 9.17) is 12.2 Å². The number of aryl methyl sites for hydroxylation is 1. The second-order valence-corrected chi connectivity index (χ2v) is 4.31. The normalized spacial score (nSPS) is 10.2. The number of nitrogens with one attached hydrogen (secondary N) is 1. The minimum Gasteiger partial charge on any atom is -0.373 e. The number of nitro groups is 1. The fourth-order valence-electron chi connectivity index (χ4n) is 1.32. The molecule has 0 fully saturated rings. The first-order valence-electron chi connectivity index (χ1n) is 4.97. The molecule has 0 atom stereocenters. The lowest BCUT2D eigenvalue weighted by Gasteiger charge is -2.11. The third-order valence-electron chi connectivity index (χ3n) is 2.01. The highest BCUT2D eigenvalue weighted by Gasteiger charge is 2.17. The first-order chi connectivity index (χ1) is 7.41. The quantitative estimate of drug-likeness (QED) is 0.499. The number of hydrogen-bond donors (Lipinski definition) is 1. The molecule has 0 spiro atoms. The van der Waals surface area contributed by atoms with Gasteiger partial charge in [0.15, 0.2) is 0 Å². The average Bonchev–Trinajstić information content (AvgIpc) is 2.16. The molecular weight excluding hydrogens is 224 g/mol. The summed E-state index contributed by atoms with van der Waals surface area (Å²) in [6, 6.07) is 5.19. The minimum absolute atomic E-state index is 0.0538. The SMILES string of the molecule is Cc1ccc(C(=S)NC(C)C)c([N+](=O)[O-])c1. The van der Waals surface area contributed by atoms with Gasteiger partial charge in [0.2, 0.25) is 0 Å². The van der Waals surface area contributed by atoms with Crippen molar-refractivity contribution < 1.29 is 4.92 Å². The largest absolute Gasteiger partial charge is 0.373 e. The average molecular weight is 238 g/mol. The molecule has 0 radical (unpaired) electrons. The number of thiocarbonyl (C=S) groups is 1. The Balaban J connectivity index is 3.12. The van der Waals surface area contributed by atoms with Gasteiger partial charge in [0, 0.05) is 12.1 Å². The number of benzene rings is 1. The summed E-state index contributed by atoms with van der Waals surface area (Å²) in [6.07, 6.45) is 0. The maximum absolute atomic E-state index is 10.9. The smallest absolute Gasteiger partial charge is 0.279 e. The van der Waals surface area contributed by atoms with Gasteiger partial charge in [0.1, 0.15) is 4.99 Å². The molecule has 0 aliphatic carbocycles. The highest BCUT2D eigenvalue weighted by Crippen LogP contribution is 2.20. The third kappa shape index (κ3) is 3.00. The summed E-state index contributed by atoms with van der Waals surface area (Å²) in [4.78, 5) is 10.9. The molecule has 0 aliphatic heterocycles. The Morgan fingerprint density at radius 2 is 2.12 bits per heavy atom. The van der Waals surface area contributed by atoms with E-state index >= 15 is 0 Å². The van der Waals surface area contributed by atoms with Crippen molar-refractivity contribution in [3.8, 4) is 0 Å². The fourth-order valence-corrected chi connectivity index (χ4v) is 1.73. The van der Waals surface area contributed by atoms with E-state index in [1.165, 1.54) is 6.07 Å². The standard InChI is InChI=1S/C11H14N2O2S/c1-7(2)12-11(16)9-5-4-8(3)6-10(9)13(14)15/h4-7H,1-3H3,(H,12,16). The van der Waals surface area contributed by atoms with Crippen molar-refractivity contribution in [2.24, 2.45) is 0 Å². The molecule has 0 amide bonds. The summed E-state index contributed by atoms with van der Waals surface area (Å²) >= 11 is 5.13. The Hall–Kier alpha value is -1.49. The molecule has 0 aromatic heterocycles. The zero-order valence-electron chi connectivity index (χ0n) is 9.48. The van der Waals surface area contributed by atoms with Crippen LogP contribution >= 0.6 is 12.2 Å². The van der Waals surface area contributed by atoms with Gasteiger partial charge >= 0.3 is 0 Å². The number of hydrogen-bond acceptors (Lipinski definition) is 3. The van der Waals surface area contributed by atoms with Gasteiger partial charge < -0.3 is 5.32 Å². The summed E-state index contributed by atoms with van der Waals surface area (Å²) in [5, 5.41) is 13.9. The molecule has 4 nitrogen and oxygen atoms in total. The van der Waals surface area contributed by atoms with Gasteiger partial charge in [-0.1, -0.05) is 18.3 Å². The van der Waals surface area contributed by atoms with Crippen molar-refractivity contribution >= 4 is 22.9 Å². The Kier molecular flexibility index (Phi) is 3.95. The lowest BCUT2D eigenvalue weighted by molar-refractivity contribution is -0.385. The van der Waals surface area contributed by atoms with E-state index in [0.717, 1.165) is 5.56 Å². The first kappa shape index (κ1) is 12.6. The van der Waals surface area contributed by atoms with Crippen molar-refractivity contribution in [3.05, 3.63) is 39.4 Å². The number of nitro benzene ring substituents is 1. The molecule has 16 heavy (non-hydrogen) atoms. The van der Waals surface area contributed by atoms with E-state index < -0.39 is 4.92 Å². The van der Waals surface area contributed by atoms with Crippen molar-refractivity contribution in [2.75, 3.05) is 0 Å². The molecule has 0 saturated carbocycles. The van der Waals surface area contributed by atoms with Crippen LogP contribution in [-0.2, 0) is 0 Å². The van der Waals surface area contributed by atoms with Crippen LogP contribution in [0, 0.1) is 17.0 Å². The second-order valence-electron chi connectivity index (χ2n) is 3.91. The van der Waals surface area contributed by atoms with Crippen LogP contribution in [0.2, 0.25) is 0 Å². The minimum atomic E-state index is -0.406. The molecule has 5 heteroatoms. The molecule has 1 aromatic rings. The van der Waals surface area contributed by atoms with Crippen LogP contribution in [0.15, 0.2) is 18.2 Å². The summed E-state index contributed by atoms with van der Waals surface area (Å²) in [5.74, 6) is 0. The van der Waals surface area contributed by atoms with Gasteiger partial charge in [-0.05, 0) is 32.4 Å². The van der Waals surface area contributed by atoms with Crippen LogP contribution in [0.4, 0.5) is 5.69 Å². The Morgan fingerprint density at radius 3 is 2.62 bits per heavy atom. The summed E-state index contributed by atoms with van der Waals surface area (Å²) < 4.78 is 0. The van der Waals surface area contributed by atoms with Crippen LogP contribution in [-0.4, -0.2) is 16.0 Å². The van der Waals surface area contributed by atoms with E-state index in [9.17, 15) is 10.1 Å². The molecule has 0 bridgehead atoms. The Bertz CT molecular complexity index is 430. The summed E-state index contributed by atoms with van der Waals surface area (Å²) in [7, 11) is 0. The monoisotopic (exact) mass is 238 g/mol. The number of nitrogens with zero attached hydrogens (tertiary/aromatic N) is 1. The summed E-state index contributed by atoms with van der Waals surface area (Å²) in [5.41, 5.74) is 1.38. The van der Waals surface area contributed by atoms with Gasteiger partial charge in [-0.2, -0.15) is 0 Å². The van der Waals surface area contributed by atoms with Crippen molar-refractivity contribution in [3.63, 3.8) is 0 Å². The van der Waals surface area contributed by atoms with Gasteiger partial charge in [0.05, 0.1) is 10.5 Å². The third-order valence-corrected chi connectivity index (χ3v) is 2.35. The summed E-state index contributed by atoms with van der Waals surface area (Å²) in [6.45, 7) is 5.69. The molecular formula is C11H14N2O2S. The van der Waals surface area contributed by atoms with Gasteiger partial charge in [-0.25, -0.2) is 0 Å². The van der Waals surface area contributed by atoms with E-state index in [2.05, 4.69) is 5.32 Å². The molecule has 0 unspecified atom stereocenters. The zero-order chi connectivity index (χ0) is 12.3. The van der Waals surface area contributed by atoms with Crippen LogP contribution < -0.4 is 5.32 Å². The van der Waals surface area contributed by atoms with E-state index in [1.54, 1.807) is 6.07 Å². The molecule has 1 N–H and O–H groups in total. The van der Waals surface area contributed by atoms with Crippen LogP contribution in [0.1, 0.15) is 25.0 Å². The lowest BCUT2D eigenvalue weighted by atomic mass is 10.1. The van der Waals surface area contributed by atoms with E-state index in [-0.39, 0.29) is 11.7 Å². The van der Waals surface area contributed by atoms with Crippen LogP contribution in [0.3, 0.4) is 0 Å². The molecule has 1 aromatic carbocycles. The van der Waals surface area contributed by atoms with E-state index in [1.807, 2.05) is 26.8 Å². The van der Waals surface area contributed by atoms with Crippen LogP contribution in [0.25, 0.3) is 0 Å². The zero-order valence-corrected chi connectivity index (χ0v) is 10.3. The molecule has 1 rings (SSSR count). The lowest BCUT2D eigenvalue weighted by Crippen LogP contribution is -2.29. The van der Waals surface area contributed by atoms with Gasteiger partial charge in [0.25, 0.3) is 5.69 Å². The van der Waals surface area contributed by atoms with Gasteiger partial charge in [-0.3, -0.25) is 10.1 Å². The van der Waals surface area contributed by atoms with Gasteiger partial charge in [-0.15, -0.1) is 0 Å². The second kappa shape index (κ2) is 5.03. The molecule has 0 saturated heterocycles. The highest BCUT2D eigenvalue weighted by atomic mass is 32.1. The van der Waals surface area contributed by atoms with Crippen molar-refractivity contribution in [1.82, 2.24) is 5.32 Å².